The molecule has 25 heavy (non-hydrogen) atoms. The van der Waals surface area contributed by atoms with Crippen molar-refractivity contribution in [1.29, 1.82) is 0 Å². The summed E-state index contributed by atoms with van der Waals surface area (Å²) in [6.45, 7) is 8.21. The van der Waals surface area contributed by atoms with Gasteiger partial charge in [-0.1, -0.05) is 13.8 Å². The molecule has 7 atom stereocenters. The Balaban J connectivity index is 0.00000109. The monoisotopic (exact) mass is 355 g/mol. The Bertz CT molecular complexity index is 469. The maximum Gasteiger partial charge on any atom is 0.407 e. The van der Waals surface area contributed by atoms with E-state index in [1.165, 1.54) is 0 Å². The Kier molecular flexibility index (Phi) is 7.11. The number of carbonyl (C=O) groups is 2. The van der Waals surface area contributed by atoms with Crippen LogP contribution in [0.2, 0.25) is 0 Å². The SMILES string of the molecule is CC.CCOC(=O)N[C@@H]1CC[C@@H]2C(CC3C(=O)OC(C)C3[C@H]2CO)C1. The second-order valence-corrected chi connectivity index (χ2v) is 7.21. The summed E-state index contributed by atoms with van der Waals surface area (Å²) in [6.07, 6.45) is 3.08. The van der Waals surface area contributed by atoms with Crippen molar-refractivity contribution in [1.82, 2.24) is 5.32 Å². The molecule has 6 nitrogen and oxygen atoms in total. The van der Waals surface area contributed by atoms with Gasteiger partial charge in [0.25, 0.3) is 0 Å². The molecule has 1 aliphatic heterocycles. The van der Waals surface area contributed by atoms with E-state index in [9.17, 15) is 14.7 Å². The molecule has 0 bridgehead atoms. The number of aliphatic hydroxyl groups is 1. The molecule has 0 aromatic heterocycles. The smallest absolute Gasteiger partial charge is 0.407 e. The van der Waals surface area contributed by atoms with Crippen LogP contribution in [0, 0.1) is 29.6 Å². The summed E-state index contributed by atoms with van der Waals surface area (Å²) in [6, 6.07) is 0.0982. The van der Waals surface area contributed by atoms with Gasteiger partial charge >= 0.3 is 12.1 Å². The Labute approximate surface area is 150 Å². The highest BCUT2D eigenvalue weighted by Crippen LogP contribution is 2.52. The maximum atomic E-state index is 12.1. The second-order valence-electron chi connectivity index (χ2n) is 7.21. The van der Waals surface area contributed by atoms with E-state index in [4.69, 9.17) is 9.47 Å². The van der Waals surface area contributed by atoms with Gasteiger partial charge in [-0.05, 0) is 57.3 Å². The quantitative estimate of drug-likeness (QED) is 0.761. The lowest BCUT2D eigenvalue weighted by Crippen LogP contribution is -2.49. The molecule has 0 aromatic rings. The molecule has 3 rings (SSSR count). The number of hydrogen-bond acceptors (Lipinski definition) is 5. The maximum absolute atomic E-state index is 12.1. The third-order valence-corrected chi connectivity index (χ3v) is 6.06. The normalized spacial score (nSPS) is 39.2. The van der Waals surface area contributed by atoms with Crippen molar-refractivity contribution >= 4 is 12.1 Å². The molecule has 4 unspecified atom stereocenters. The first kappa shape index (κ1) is 20.0. The zero-order chi connectivity index (χ0) is 18.6. The van der Waals surface area contributed by atoms with Crippen molar-refractivity contribution in [3.8, 4) is 0 Å². The van der Waals surface area contributed by atoms with E-state index in [1.54, 1.807) is 6.92 Å². The van der Waals surface area contributed by atoms with Gasteiger partial charge in [-0.2, -0.15) is 0 Å². The highest BCUT2D eigenvalue weighted by atomic mass is 16.6. The van der Waals surface area contributed by atoms with Crippen LogP contribution in [-0.4, -0.2) is 42.5 Å². The van der Waals surface area contributed by atoms with Gasteiger partial charge in [0.2, 0.25) is 0 Å². The van der Waals surface area contributed by atoms with Crippen LogP contribution < -0.4 is 5.32 Å². The standard InChI is InChI=1S/C17H27NO5.C2H6/c1-3-22-17(21)18-11-4-5-12-10(6-11)7-13-15(14(12)8-19)9(2)23-16(13)20;1-2/h9-15,19H,3-8H2,1-2H3,(H,18,21);1-2H3/t9?,10?,11-,12-,13?,14+,15?;/m1./s1. The van der Waals surface area contributed by atoms with Gasteiger partial charge in [0.1, 0.15) is 6.10 Å². The average Bonchev–Trinajstić information content (AvgIpc) is 2.88. The van der Waals surface area contributed by atoms with Crippen molar-refractivity contribution in [3.63, 3.8) is 0 Å². The fourth-order valence-electron chi connectivity index (χ4n) is 5.19. The number of rotatable bonds is 3. The molecule has 2 aliphatic carbocycles. The molecular weight excluding hydrogens is 322 g/mol. The molecule has 1 amide bonds. The fraction of sp³-hybridized carbons (Fsp3) is 0.895. The van der Waals surface area contributed by atoms with Crippen molar-refractivity contribution in [2.75, 3.05) is 13.2 Å². The van der Waals surface area contributed by atoms with Crippen molar-refractivity contribution in [2.45, 2.75) is 65.5 Å². The minimum absolute atomic E-state index is 0.0928. The summed E-state index contributed by atoms with van der Waals surface area (Å²) in [5.41, 5.74) is 0. The Hall–Kier alpha value is -1.30. The molecule has 0 radical (unpaired) electrons. The first-order chi connectivity index (χ1) is 12.0. The number of amides is 1. The minimum atomic E-state index is -0.364. The van der Waals surface area contributed by atoms with E-state index in [0.29, 0.717) is 18.4 Å². The van der Waals surface area contributed by atoms with Crippen molar-refractivity contribution in [2.24, 2.45) is 29.6 Å². The van der Waals surface area contributed by atoms with Crippen LogP contribution in [0.3, 0.4) is 0 Å². The molecule has 1 saturated heterocycles. The molecule has 144 valence electrons. The van der Waals surface area contributed by atoms with E-state index in [1.807, 2.05) is 20.8 Å². The largest absolute Gasteiger partial charge is 0.462 e. The van der Waals surface area contributed by atoms with Crippen LogP contribution in [0.5, 0.6) is 0 Å². The Morgan fingerprint density at radius 3 is 2.68 bits per heavy atom. The zero-order valence-electron chi connectivity index (χ0n) is 15.9. The molecule has 3 fully saturated rings. The number of cyclic esters (lactones) is 1. The van der Waals surface area contributed by atoms with Gasteiger partial charge in [-0.15, -0.1) is 0 Å². The van der Waals surface area contributed by atoms with Gasteiger partial charge in [0.15, 0.2) is 0 Å². The third kappa shape index (κ3) is 4.10. The predicted molar refractivity (Wildman–Crippen MR) is 93.9 cm³/mol. The summed E-state index contributed by atoms with van der Waals surface area (Å²) in [5.74, 6) is 0.835. The Morgan fingerprint density at radius 2 is 2.04 bits per heavy atom. The first-order valence-corrected chi connectivity index (χ1v) is 9.79. The highest BCUT2D eigenvalue weighted by Gasteiger charge is 2.55. The lowest BCUT2D eigenvalue weighted by molar-refractivity contribution is -0.144. The first-order valence-electron chi connectivity index (χ1n) is 9.79. The summed E-state index contributed by atoms with van der Waals surface area (Å²) in [4.78, 5) is 23.7. The molecule has 2 saturated carbocycles. The van der Waals surface area contributed by atoms with Crippen LogP contribution in [0.4, 0.5) is 4.79 Å². The third-order valence-electron chi connectivity index (χ3n) is 6.06. The summed E-state index contributed by atoms with van der Waals surface area (Å²) in [5, 5.41) is 12.8. The number of nitrogens with one attached hydrogen (secondary N) is 1. The van der Waals surface area contributed by atoms with Gasteiger partial charge in [-0.3, -0.25) is 4.79 Å². The molecule has 0 spiro atoms. The van der Waals surface area contributed by atoms with Crippen LogP contribution in [0.25, 0.3) is 0 Å². The molecule has 2 N–H and O–H groups in total. The second kappa shape index (κ2) is 8.88. The molecule has 6 heteroatoms. The minimum Gasteiger partial charge on any atom is -0.462 e. The number of fused-ring (bicyclic) bond motifs is 2. The lowest BCUT2D eigenvalue weighted by atomic mass is 9.57. The van der Waals surface area contributed by atoms with E-state index in [-0.39, 0.29) is 48.6 Å². The Morgan fingerprint density at radius 1 is 1.32 bits per heavy atom. The number of ether oxygens (including phenoxy) is 2. The molecule has 0 aromatic carbocycles. The van der Waals surface area contributed by atoms with Crippen LogP contribution in [-0.2, 0) is 14.3 Å². The summed E-state index contributed by atoms with van der Waals surface area (Å²) >= 11 is 0. The van der Waals surface area contributed by atoms with E-state index in [2.05, 4.69) is 5.32 Å². The van der Waals surface area contributed by atoms with Gasteiger partial charge in [-0.25, -0.2) is 4.79 Å². The number of alkyl carbamates (subject to hydrolysis) is 1. The molecular formula is C19H33NO5. The number of aliphatic hydroxyl groups excluding tert-OH is 1. The molecule has 3 aliphatic rings. The van der Waals surface area contributed by atoms with E-state index in [0.717, 1.165) is 25.7 Å². The van der Waals surface area contributed by atoms with Gasteiger partial charge < -0.3 is 19.9 Å². The summed E-state index contributed by atoms with van der Waals surface area (Å²) < 4.78 is 10.4. The van der Waals surface area contributed by atoms with Crippen molar-refractivity contribution < 1.29 is 24.2 Å². The van der Waals surface area contributed by atoms with Crippen LogP contribution in [0.15, 0.2) is 0 Å². The van der Waals surface area contributed by atoms with Crippen LogP contribution >= 0.6 is 0 Å². The predicted octanol–water partition coefficient (Wildman–Crippen LogP) is 2.73. The fourth-order valence-corrected chi connectivity index (χ4v) is 5.19. The topological polar surface area (TPSA) is 84.9 Å². The zero-order valence-corrected chi connectivity index (χ0v) is 15.9. The van der Waals surface area contributed by atoms with Crippen LogP contribution in [0.1, 0.15) is 53.4 Å². The lowest BCUT2D eigenvalue weighted by Gasteiger charge is -2.47. The van der Waals surface area contributed by atoms with E-state index >= 15 is 0 Å². The summed E-state index contributed by atoms with van der Waals surface area (Å²) in [7, 11) is 0. The average molecular weight is 355 g/mol. The number of esters is 1. The molecule has 1 heterocycles. The highest BCUT2D eigenvalue weighted by molar-refractivity contribution is 5.75. The van der Waals surface area contributed by atoms with E-state index < -0.39 is 0 Å². The number of hydrogen-bond donors (Lipinski definition) is 2. The van der Waals surface area contributed by atoms with Crippen molar-refractivity contribution in [3.05, 3.63) is 0 Å². The van der Waals surface area contributed by atoms with Gasteiger partial charge in [0, 0.05) is 18.6 Å². The number of carbonyl (C=O) groups excluding carboxylic acids is 2. The van der Waals surface area contributed by atoms with Gasteiger partial charge in [0.05, 0.1) is 12.5 Å².